The highest BCUT2D eigenvalue weighted by Gasteiger charge is 2.24. The number of aryl methyl sites for hydroxylation is 1. The number of hydrogen-bond donors (Lipinski definition) is 0. The van der Waals surface area contributed by atoms with E-state index in [1.807, 2.05) is 6.20 Å². The Morgan fingerprint density at radius 2 is 2.25 bits per heavy atom. The van der Waals surface area contributed by atoms with Crippen molar-refractivity contribution in [1.82, 2.24) is 9.55 Å². The second-order valence-corrected chi connectivity index (χ2v) is 5.98. The highest BCUT2D eigenvalue weighted by atomic mass is 79.9. The predicted molar refractivity (Wildman–Crippen MR) is 70.9 cm³/mol. The van der Waals surface area contributed by atoms with Crippen molar-refractivity contribution >= 4 is 15.9 Å². The average molecular weight is 285 g/mol. The summed E-state index contributed by atoms with van der Waals surface area (Å²) in [5, 5.41) is 0. The van der Waals surface area contributed by atoms with Gasteiger partial charge >= 0.3 is 0 Å². The molecule has 0 aliphatic heterocycles. The first-order chi connectivity index (χ1) is 7.81. The maximum atomic E-state index is 4.51. The molecule has 0 N–H and O–H groups in total. The van der Waals surface area contributed by atoms with Gasteiger partial charge in [0.15, 0.2) is 0 Å². The van der Waals surface area contributed by atoms with Crippen LogP contribution in [0.5, 0.6) is 0 Å². The molecule has 1 aromatic heterocycles. The van der Waals surface area contributed by atoms with Crippen LogP contribution in [0.4, 0.5) is 0 Å². The van der Waals surface area contributed by atoms with E-state index >= 15 is 0 Å². The van der Waals surface area contributed by atoms with Crippen molar-refractivity contribution in [2.45, 2.75) is 56.8 Å². The third kappa shape index (κ3) is 2.88. The number of aromatic nitrogens is 2. The van der Waals surface area contributed by atoms with Crippen LogP contribution < -0.4 is 0 Å². The van der Waals surface area contributed by atoms with Crippen molar-refractivity contribution in [1.29, 1.82) is 0 Å². The summed E-state index contributed by atoms with van der Waals surface area (Å²) in [7, 11) is 0. The summed E-state index contributed by atoms with van der Waals surface area (Å²) in [6, 6.07) is 0. The molecule has 1 aliphatic rings. The lowest BCUT2D eigenvalue weighted by molar-refractivity contribution is 0.363. The van der Waals surface area contributed by atoms with E-state index in [1.54, 1.807) is 0 Å². The topological polar surface area (TPSA) is 17.8 Å². The third-order valence-electron chi connectivity index (χ3n) is 3.53. The van der Waals surface area contributed by atoms with Gasteiger partial charge in [-0.05, 0) is 25.2 Å². The molecule has 2 atom stereocenters. The van der Waals surface area contributed by atoms with Crippen LogP contribution in [0.25, 0.3) is 0 Å². The Labute approximate surface area is 107 Å². The highest BCUT2D eigenvalue weighted by Crippen LogP contribution is 2.32. The number of nitrogens with zero attached hydrogens (tertiary/aromatic N) is 2. The van der Waals surface area contributed by atoms with Gasteiger partial charge in [0.2, 0.25) is 0 Å². The van der Waals surface area contributed by atoms with Crippen LogP contribution in [0.2, 0.25) is 0 Å². The monoisotopic (exact) mass is 284 g/mol. The quantitative estimate of drug-likeness (QED) is 0.770. The van der Waals surface area contributed by atoms with E-state index in [0.717, 1.165) is 18.9 Å². The van der Waals surface area contributed by atoms with Gasteiger partial charge in [-0.2, -0.15) is 0 Å². The molecule has 3 heteroatoms. The molecule has 1 fully saturated rings. The molecule has 90 valence electrons. The first-order valence-corrected chi connectivity index (χ1v) is 7.37. The number of alkyl halides is 1. The first-order valence-electron chi connectivity index (χ1n) is 6.45. The number of hydrogen-bond acceptors (Lipinski definition) is 1. The van der Waals surface area contributed by atoms with Gasteiger partial charge in [0.1, 0.15) is 5.82 Å². The molecule has 0 amide bonds. The fourth-order valence-electron chi connectivity index (χ4n) is 2.60. The second kappa shape index (κ2) is 5.85. The highest BCUT2D eigenvalue weighted by molar-refractivity contribution is 9.09. The largest absolute Gasteiger partial charge is 0.335 e. The van der Waals surface area contributed by atoms with Crippen molar-refractivity contribution in [2.75, 3.05) is 0 Å². The van der Waals surface area contributed by atoms with Crippen LogP contribution in [0.3, 0.4) is 0 Å². The first kappa shape index (κ1) is 12.2. The lowest BCUT2D eigenvalue weighted by atomic mass is 9.86. The second-order valence-electron chi connectivity index (χ2n) is 4.80. The van der Waals surface area contributed by atoms with E-state index < -0.39 is 0 Å². The van der Waals surface area contributed by atoms with Crippen LogP contribution in [-0.4, -0.2) is 14.4 Å². The van der Waals surface area contributed by atoms with E-state index in [4.69, 9.17) is 0 Å². The van der Waals surface area contributed by atoms with Gasteiger partial charge in [-0.3, -0.25) is 0 Å². The lowest BCUT2D eigenvalue weighted by Gasteiger charge is -2.27. The van der Waals surface area contributed by atoms with E-state index in [1.165, 1.54) is 37.9 Å². The molecule has 1 heterocycles. The fourth-order valence-corrected chi connectivity index (χ4v) is 3.38. The van der Waals surface area contributed by atoms with Crippen molar-refractivity contribution in [3.05, 3.63) is 18.2 Å². The zero-order valence-electron chi connectivity index (χ0n) is 10.0. The number of halogens is 1. The van der Waals surface area contributed by atoms with E-state index in [2.05, 4.69) is 38.6 Å². The Kier molecular flexibility index (Phi) is 4.45. The molecule has 2 rings (SSSR count). The molecule has 1 saturated carbocycles. The Morgan fingerprint density at radius 3 is 3.00 bits per heavy atom. The zero-order chi connectivity index (χ0) is 11.4. The molecular weight excluding hydrogens is 264 g/mol. The standard InChI is InChI=1S/C13H21BrN2/c1-2-8-16-9-7-15-13(16)10-11-5-3-4-6-12(11)14/h7,9,11-12H,2-6,8,10H2,1H3. The van der Waals surface area contributed by atoms with Gasteiger partial charge in [-0.1, -0.05) is 35.7 Å². The molecule has 0 spiro atoms. The summed E-state index contributed by atoms with van der Waals surface area (Å²) in [5.41, 5.74) is 0. The Balaban J connectivity index is 1.99. The molecule has 0 bridgehead atoms. The van der Waals surface area contributed by atoms with E-state index in [0.29, 0.717) is 4.83 Å². The van der Waals surface area contributed by atoms with Crippen LogP contribution in [0, 0.1) is 5.92 Å². The lowest BCUT2D eigenvalue weighted by Crippen LogP contribution is -2.23. The van der Waals surface area contributed by atoms with Crippen molar-refractivity contribution < 1.29 is 0 Å². The summed E-state index contributed by atoms with van der Waals surface area (Å²) in [4.78, 5) is 5.21. The third-order valence-corrected chi connectivity index (χ3v) is 4.73. The normalized spacial score (nSPS) is 25.9. The predicted octanol–water partition coefficient (Wildman–Crippen LogP) is 3.79. The average Bonchev–Trinajstić information content (AvgIpc) is 2.70. The Bertz CT molecular complexity index is 321. The van der Waals surface area contributed by atoms with Gasteiger partial charge in [0.05, 0.1) is 0 Å². The van der Waals surface area contributed by atoms with Gasteiger partial charge in [0.25, 0.3) is 0 Å². The molecular formula is C13H21BrN2. The fraction of sp³-hybridized carbons (Fsp3) is 0.769. The molecule has 2 nitrogen and oxygen atoms in total. The summed E-state index contributed by atoms with van der Waals surface area (Å²) in [6.07, 6.45) is 11.8. The van der Waals surface area contributed by atoms with Gasteiger partial charge < -0.3 is 4.57 Å². The molecule has 0 radical (unpaired) electrons. The van der Waals surface area contributed by atoms with E-state index in [9.17, 15) is 0 Å². The van der Waals surface area contributed by atoms with Crippen LogP contribution in [-0.2, 0) is 13.0 Å². The number of imidazole rings is 1. The molecule has 0 aromatic carbocycles. The number of rotatable bonds is 4. The SMILES string of the molecule is CCCn1ccnc1CC1CCCCC1Br. The summed E-state index contributed by atoms with van der Waals surface area (Å²) in [5.74, 6) is 2.06. The van der Waals surface area contributed by atoms with Crippen LogP contribution >= 0.6 is 15.9 Å². The summed E-state index contributed by atoms with van der Waals surface area (Å²) >= 11 is 3.83. The molecule has 2 unspecified atom stereocenters. The minimum Gasteiger partial charge on any atom is -0.335 e. The zero-order valence-corrected chi connectivity index (χ0v) is 11.6. The van der Waals surface area contributed by atoms with Crippen LogP contribution in [0.1, 0.15) is 44.9 Å². The van der Waals surface area contributed by atoms with Crippen molar-refractivity contribution in [2.24, 2.45) is 5.92 Å². The minimum absolute atomic E-state index is 0.702. The Morgan fingerprint density at radius 1 is 1.44 bits per heavy atom. The van der Waals surface area contributed by atoms with E-state index in [-0.39, 0.29) is 0 Å². The maximum absolute atomic E-state index is 4.51. The van der Waals surface area contributed by atoms with Crippen LogP contribution in [0.15, 0.2) is 12.4 Å². The maximum Gasteiger partial charge on any atom is 0.108 e. The van der Waals surface area contributed by atoms with Gasteiger partial charge in [-0.25, -0.2) is 4.98 Å². The Hall–Kier alpha value is -0.310. The van der Waals surface area contributed by atoms with Crippen molar-refractivity contribution in [3.63, 3.8) is 0 Å². The summed E-state index contributed by atoms with van der Waals surface area (Å²) < 4.78 is 2.31. The summed E-state index contributed by atoms with van der Waals surface area (Å²) in [6.45, 7) is 3.33. The molecule has 16 heavy (non-hydrogen) atoms. The minimum atomic E-state index is 0.702. The molecule has 0 saturated heterocycles. The van der Waals surface area contributed by atoms with Gasteiger partial charge in [0, 0.05) is 30.2 Å². The van der Waals surface area contributed by atoms with Crippen molar-refractivity contribution in [3.8, 4) is 0 Å². The molecule has 1 aliphatic carbocycles. The molecule has 1 aromatic rings. The van der Waals surface area contributed by atoms with Gasteiger partial charge in [-0.15, -0.1) is 0 Å². The smallest absolute Gasteiger partial charge is 0.108 e.